The molecule has 0 fully saturated rings. The summed E-state index contributed by atoms with van der Waals surface area (Å²) in [5, 5.41) is 2.46. The molecule has 0 saturated heterocycles. The van der Waals surface area contributed by atoms with Crippen LogP contribution < -0.4 is 11.1 Å². The fraction of sp³-hybridized carbons (Fsp3) is 0.300. The van der Waals surface area contributed by atoms with Crippen LogP contribution in [0.3, 0.4) is 0 Å². The molecule has 16 heavy (non-hydrogen) atoms. The van der Waals surface area contributed by atoms with Crippen LogP contribution in [-0.2, 0) is 15.6 Å². The summed E-state index contributed by atoms with van der Waals surface area (Å²) in [6, 6.07) is 5.53. The Bertz CT molecular complexity index is 398. The van der Waals surface area contributed by atoms with Gasteiger partial charge in [-0.3, -0.25) is 9.00 Å². The van der Waals surface area contributed by atoms with Crippen molar-refractivity contribution in [1.82, 2.24) is 0 Å². The minimum Gasteiger partial charge on any atom is -0.330 e. The minimum atomic E-state index is -1.26. The van der Waals surface area contributed by atoms with Crippen molar-refractivity contribution >= 4 is 22.4 Å². The molecule has 0 radical (unpaired) electrons. The van der Waals surface area contributed by atoms with Crippen molar-refractivity contribution in [2.24, 2.45) is 5.73 Å². The Morgan fingerprint density at radius 3 is 2.88 bits per heavy atom. The van der Waals surface area contributed by atoms with Crippen LogP contribution in [0.25, 0.3) is 0 Å². The highest BCUT2D eigenvalue weighted by atomic mass is 32.2. The molecule has 6 heteroatoms. The molecule has 0 saturated carbocycles. The predicted molar refractivity (Wildman–Crippen MR) is 62.0 cm³/mol. The van der Waals surface area contributed by atoms with Gasteiger partial charge >= 0.3 is 0 Å². The largest absolute Gasteiger partial charge is 0.330 e. The molecule has 4 nitrogen and oxygen atoms in total. The first-order valence-electron chi connectivity index (χ1n) is 4.72. The monoisotopic (exact) mass is 244 g/mol. The molecule has 88 valence electrons. The average Bonchev–Trinajstić information content (AvgIpc) is 2.17. The number of carbonyl (C=O) groups excluding carboxylic acids is 1. The van der Waals surface area contributed by atoms with E-state index in [1.165, 1.54) is 18.2 Å². The Hall–Kier alpha value is -1.27. The third kappa shape index (κ3) is 4.50. The maximum Gasteiger partial charge on any atom is 0.236 e. The second-order valence-electron chi connectivity index (χ2n) is 3.14. The summed E-state index contributed by atoms with van der Waals surface area (Å²) in [5.74, 6) is -0.664. The van der Waals surface area contributed by atoms with Gasteiger partial charge in [0, 0.05) is 28.8 Å². The smallest absolute Gasteiger partial charge is 0.236 e. The standard InChI is InChI=1S/C10H13FN2O2S/c11-8-2-1-3-9(6-8)13-10(14)7-16(15)5-4-12/h1-3,6H,4-5,7,12H2,(H,13,14). The van der Waals surface area contributed by atoms with Crippen molar-refractivity contribution in [3.05, 3.63) is 30.1 Å². The molecule has 3 N–H and O–H groups in total. The van der Waals surface area contributed by atoms with Gasteiger partial charge in [-0.2, -0.15) is 0 Å². The molecule has 0 bridgehead atoms. The van der Waals surface area contributed by atoms with E-state index in [0.717, 1.165) is 0 Å². The van der Waals surface area contributed by atoms with E-state index in [-0.39, 0.29) is 18.1 Å². The first-order valence-corrected chi connectivity index (χ1v) is 6.21. The van der Waals surface area contributed by atoms with Crippen molar-refractivity contribution in [2.75, 3.05) is 23.4 Å². The summed E-state index contributed by atoms with van der Waals surface area (Å²) in [6.45, 7) is 0.278. The molecular formula is C10H13FN2O2S. The molecule has 0 aliphatic rings. The van der Waals surface area contributed by atoms with Gasteiger partial charge in [-0.05, 0) is 18.2 Å². The number of halogens is 1. The van der Waals surface area contributed by atoms with Gasteiger partial charge in [0.1, 0.15) is 11.6 Å². The second kappa shape index (κ2) is 6.34. The molecule has 1 aromatic rings. The lowest BCUT2D eigenvalue weighted by molar-refractivity contribution is -0.113. The summed E-state index contributed by atoms with van der Waals surface area (Å²) in [4.78, 5) is 11.3. The van der Waals surface area contributed by atoms with Gasteiger partial charge in [-0.1, -0.05) is 6.07 Å². The molecule has 0 aliphatic carbocycles. The highest BCUT2D eigenvalue weighted by molar-refractivity contribution is 7.85. The zero-order chi connectivity index (χ0) is 12.0. The van der Waals surface area contributed by atoms with Crippen LogP contribution in [0.2, 0.25) is 0 Å². The quantitative estimate of drug-likeness (QED) is 0.791. The number of hydrogen-bond donors (Lipinski definition) is 2. The highest BCUT2D eigenvalue weighted by Crippen LogP contribution is 2.08. The van der Waals surface area contributed by atoms with Gasteiger partial charge in [0.2, 0.25) is 5.91 Å². The van der Waals surface area contributed by atoms with E-state index in [1.54, 1.807) is 6.07 Å². The van der Waals surface area contributed by atoms with E-state index < -0.39 is 22.5 Å². The van der Waals surface area contributed by atoms with Crippen LogP contribution in [0, 0.1) is 5.82 Å². The molecule has 1 aromatic carbocycles. The van der Waals surface area contributed by atoms with Crippen molar-refractivity contribution in [2.45, 2.75) is 0 Å². The van der Waals surface area contributed by atoms with Crippen LogP contribution >= 0.6 is 0 Å². The molecule has 0 spiro atoms. The van der Waals surface area contributed by atoms with Gasteiger partial charge in [0.25, 0.3) is 0 Å². The zero-order valence-corrected chi connectivity index (χ0v) is 9.43. The fourth-order valence-corrected chi connectivity index (χ4v) is 1.88. The van der Waals surface area contributed by atoms with Crippen LogP contribution in [0.1, 0.15) is 0 Å². The maximum absolute atomic E-state index is 12.8. The molecular weight excluding hydrogens is 231 g/mol. The average molecular weight is 244 g/mol. The van der Waals surface area contributed by atoms with Crippen molar-refractivity contribution < 1.29 is 13.4 Å². The lowest BCUT2D eigenvalue weighted by Gasteiger charge is -2.04. The lowest BCUT2D eigenvalue weighted by atomic mass is 10.3. The molecule has 0 aromatic heterocycles. The second-order valence-corrected chi connectivity index (χ2v) is 4.71. The van der Waals surface area contributed by atoms with Crippen LogP contribution in [0.4, 0.5) is 10.1 Å². The number of anilines is 1. The number of nitrogens with two attached hydrogens (primary N) is 1. The molecule has 0 heterocycles. The van der Waals surface area contributed by atoms with Crippen LogP contribution in [-0.4, -0.2) is 28.2 Å². The maximum atomic E-state index is 12.8. The highest BCUT2D eigenvalue weighted by Gasteiger charge is 2.07. The SMILES string of the molecule is NCCS(=O)CC(=O)Nc1cccc(F)c1. The molecule has 1 atom stereocenters. The Morgan fingerprint density at radius 2 is 2.25 bits per heavy atom. The van der Waals surface area contributed by atoms with Crippen molar-refractivity contribution in [1.29, 1.82) is 0 Å². The van der Waals surface area contributed by atoms with E-state index in [1.807, 2.05) is 0 Å². The summed E-state index contributed by atoms with van der Waals surface area (Å²) < 4.78 is 24.0. The van der Waals surface area contributed by atoms with E-state index in [4.69, 9.17) is 5.73 Å². The number of nitrogens with one attached hydrogen (secondary N) is 1. The molecule has 1 rings (SSSR count). The van der Waals surface area contributed by atoms with Crippen molar-refractivity contribution in [3.8, 4) is 0 Å². The van der Waals surface area contributed by atoms with Gasteiger partial charge in [-0.15, -0.1) is 0 Å². The summed E-state index contributed by atoms with van der Waals surface area (Å²) in [5.41, 5.74) is 5.56. The molecule has 0 aliphatic heterocycles. The van der Waals surface area contributed by atoms with Crippen molar-refractivity contribution in [3.63, 3.8) is 0 Å². The normalized spacial score (nSPS) is 12.1. The Morgan fingerprint density at radius 1 is 1.50 bits per heavy atom. The minimum absolute atomic E-state index is 0.117. The number of benzene rings is 1. The summed E-state index contributed by atoms with van der Waals surface area (Å²) in [6.07, 6.45) is 0. The van der Waals surface area contributed by atoms with Gasteiger partial charge in [0.05, 0.1) is 0 Å². The first-order chi connectivity index (χ1) is 7.61. The number of hydrogen-bond acceptors (Lipinski definition) is 3. The first kappa shape index (κ1) is 12.8. The van der Waals surface area contributed by atoms with E-state index in [2.05, 4.69) is 5.32 Å². The third-order valence-corrected chi connectivity index (χ3v) is 3.02. The predicted octanol–water partition coefficient (Wildman–Crippen LogP) is 0.472. The molecule has 1 amide bonds. The molecule has 1 unspecified atom stereocenters. The number of rotatable bonds is 5. The Kier molecular flexibility index (Phi) is 5.07. The Balaban J connectivity index is 2.48. The van der Waals surface area contributed by atoms with Gasteiger partial charge in [-0.25, -0.2) is 4.39 Å². The zero-order valence-electron chi connectivity index (χ0n) is 8.61. The number of carbonyl (C=O) groups is 1. The van der Waals surface area contributed by atoms with E-state index in [9.17, 15) is 13.4 Å². The van der Waals surface area contributed by atoms with E-state index >= 15 is 0 Å². The van der Waals surface area contributed by atoms with Crippen LogP contribution in [0.15, 0.2) is 24.3 Å². The lowest BCUT2D eigenvalue weighted by Crippen LogP contribution is -2.23. The number of amides is 1. The summed E-state index contributed by atoms with van der Waals surface area (Å²) in [7, 11) is -1.26. The summed E-state index contributed by atoms with van der Waals surface area (Å²) >= 11 is 0. The topological polar surface area (TPSA) is 72.2 Å². The van der Waals surface area contributed by atoms with Gasteiger partial charge < -0.3 is 11.1 Å². The van der Waals surface area contributed by atoms with Crippen LogP contribution in [0.5, 0.6) is 0 Å². The third-order valence-electron chi connectivity index (χ3n) is 1.75. The van der Waals surface area contributed by atoms with E-state index in [0.29, 0.717) is 5.69 Å². The van der Waals surface area contributed by atoms with Gasteiger partial charge in [0.15, 0.2) is 0 Å². The Labute approximate surface area is 95.5 Å². The fourth-order valence-electron chi connectivity index (χ4n) is 1.11.